The summed E-state index contributed by atoms with van der Waals surface area (Å²) in [5.41, 5.74) is 2.18. The van der Waals surface area contributed by atoms with Crippen molar-refractivity contribution in [1.29, 1.82) is 0 Å². The summed E-state index contributed by atoms with van der Waals surface area (Å²) >= 11 is 8.94. The number of hydrogen-bond donors (Lipinski definition) is 0. The molecule has 0 amide bonds. The summed E-state index contributed by atoms with van der Waals surface area (Å²) in [7, 11) is 3.16. The predicted octanol–water partition coefficient (Wildman–Crippen LogP) is 6.08. The summed E-state index contributed by atoms with van der Waals surface area (Å²) < 4.78 is 17.8. The van der Waals surface area contributed by atoms with Gasteiger partial charge in [-0.2, -0.15) is 4.98 Å². The largest absolute Gasteiger partial charge is 0.497 e. The Kier molecular flexibility index (Phi) is 6.74. The quantitative estimate of drug-likeness (QED) is 0.181. The van der Waals surface area contributed by atoms with Gasteiger partial charge in [-0.05, 0) is 55.8 Å². The summed E-state index contributed by atoms with van der Waals surface area (Å²) in [6.45, 7) is 3.94. The molecule has 184 valence electrons. The van der Waals surface area contributed by atoms with Gasteiger partial charge in [0, 0.05) is 16.0 Å². The molecular weight excluding hydrogens is 520 g/mol. The molecule has 0 atom stereocenters. The molecular formula is C25H21ClN4O4S2. The van der Waals surface area contributed by atoms with Crippen LogP contribution in [0.25, 0.3) is 27.3 Å². The number of thiophene rings is 1. The van der Waals surface area contributed by atoms with Crippen LogP contribution in [0, 0.1) is 13.8 Å². The van der Waals surface area contributed by atoms with Crippen LogP contribution in [0.4, 0.5) is 0 Å². The second kappa shape index (κ2) is 9.96. The van der Waals surface area contributed by atoms with Gasteiger partial charge in [-0.15, -0.1) is 11.3 Å². The lowest BCUT2D eigenvalue weighted by Gasteiger charge is -2.11. The van der Waals surface area contributed by atoms with E-state index in [2.05, 4.69) is 10.1 Å². The lowest BCUT2D eigenvalue weighted by molar-refractivity contribution is 0.388. The Morgan fingerprint density at radius 2 is 1.86 bits per heavy atom. The Morgan fingerprint density at radius 3 is 2.58 bits per heavy atom. The molecule has 0 N–H and O–H groups in total. The van der Waals surface area contributed by atoms with E-state index in [9.17, 15) is 4.79 Å². The van der Waals surface area contributed by atoms with Crippen LogP contribution >= 0.6 is 34.7 Å². The minimum atomic E-state index is -0.124. The number of benzene rings is 2. The summed E-state index contributed by atoms with van der Waals surface area (Å²) in [4.78, 5) is 24.7. The molecule has 0 aliphatic rings. The maximum Gasteiger partial charge on any atom is 0.267 e. The van der Waals surface area contributed by atoms with E-state index in [0.717, 1.165) is 10.4 Å². The summed E-state index contributed by atoms with van der Waals surface area (Å²) in [5, 5.41) is 5.86. The van der Waals surface area contributed by atoms with Crippen LogP contribution in [0.15, 0.2) is 56.9 Å². The van der Waals surface area contributed by atoms with Gasteiger partial charge in [0.05, 0.1) is 36.6 Å². The Hall–Kier alpha value is -3.34. The molecule has 5 rings (SSSR count). The fourth-order valence-electron chi connectivity index (χ4n) is 3.72. The Bertz CT molecular complexity index is 1630. The molecule has 2 aromatic carbocycles. The van der Waals surface area contributed by atoms with Gasteiger partial charge in [0.1, 0.15) is 16.3 Å². The number of methoxy groups -OCH3 is 2. The molecule has 8 nitrogen and oxygen atoms in total. The molecule has 5 aromatic rings. The first-order valence-corrected chi connectivity index (χ1v) is 13.0. The summed E-state index contributed by atoms with van der Waals surface area (Å²) in [6, 6.07) is 12.5. The number of aromatic nitrogens is 4. The van der Waals surface area contributed by atoms with Crippen LogP contribution in [-0.2, 0) is 5.75 Å². The van der Waals surface area contributed by atoms with Crippen LogP contribution in [0.3, 0.4) is 0 Å². The van der Waals surface area contributed by atoms with Crippen molar-refractivity contribution in [2.75, 3.05) is 14.2 Å². The molecule has 0 radical (unpaired) electrons. The average Bonchev–Trinajstić information content (AvgIpc) is 3.47. The number of aryl methyl sites for hydroxylation is 2. The second-order valence-electron chi connectivity index (χ2n) is 7.84. The maximum absolute atomic E-state index is 13.6. The fourth-order valence-corrected chi connectivity index (χ4v) is 5.77. The highest BCUT2D eigenvalue weighted by molar-refractivity contribution is 7.98. The third-order valence-corrected chi connectivity index (χ3v) is 7.98. The van der Waals surface area contributed by atoms with Crippen LogP contribution < -0.4 is 15.0 Å². The maximum atomic E-state index is 13.6. The molecule has 0 aliphatic heterocycles. The van der Waals surface area contributed by atoms with Crippen molar-refractivity contribution in [3.8, 4) is 28.6 Å². The third-order valence-electron chi connectivity index (χ3n) is 5.70. The number of hydrogen-bond acceptors (Lipinski definition) is 9. The molecule has 0 saturated carbocycles. The monoisotopic (exact) mass is 540 g/mol. The van der Waals surface area contributed by atoms with E-state index in [0.29, 0.717) is 60.6 Å². The highest BCUT2D eigenvalue weighted by Crippen LogP contribution is 2.33. The second-order valence-corrected chi connectivity index (χ2v) is 10.4. The van der Waals surface area contributed by atoms with Gasteiger partial charge >= 0.3 is 0 Å². The number of ether oxygens (including phenoxy) is 2. The normalized spacial score (nSPS) is 11.2. The van der Waals surface area contributed by atoms with Gasteiger partial charge in [0.15, 0.2) is 5.16 Å². The zero-order chi connectivity index (χ0) is 25.4. The number of nitrogens with zero attached hydrogens (tertiary/aromatic N) is 4. The lowest BCUT2D eigenvalue weighted by Crippen LogP contribution is -2.21. The molecule has 0 spiro atoms. The first kappa shape index (κ1) is 24.4. The first-order valence-electron chi connectivity index (χ1n) is 10.9. The minimum Gasteiger partial charge on any atom is -0.497 e. The third kappa shape index (κ3) is 4.47. The van der Waals surface area contributed by atoms with Crippen LogP contribution in [0.2, 0.25) is 5.02 Å². The fraction of sp³-hybridized carbons (Fsp3) is 0.200. The summed E-state index contributed by atoms with van der Waals surface area (Å²) in [6.07, 6.45) is 0. The van der Waals surface area contributed by atoms with Crippen molar-refractivity contribution in [1.82, 2.24) is 19.7 Å². The van der Waals surface area contributed by atoms with E-state index in [1.807, 2.05) is 19.9 Å². The van der Waals surface area contributed by atoms with Gasteiger partial charge in [0.2, 0.25) is 11.7 Å². The van der Waals surface area contributed by atoms with Gasteiger partial charge in [-0.1, -0.05) is 28.5 Å². The van der Waals surface area contributed by atoms with E-state index in [4.69, 9.17) is 30.6 Å². The minimum absolute atomic E-state index is 0.124. The number of halogens is 1. The van der Waals surface area contributed by atoms with Crippen molar-refractivity contribution in [3.05, 3.63) is 74.2 Å². The van der Waals surface area contributed by atoms with E-state index >= 15 is 0 Å². The highest BCUT2D eigenvalue weighted by Gasteiger charge is 2.20. The zero-order valence-corrected chi connectivity index (χ0v) is 22.3. The summed E-state index contributed by atoms with van der Waals surface area (Å²) in [5.74, 6) is 2.34. The van der Waals surface area contributed by atoms with E-state index in [1.165, 1.54) is 23.1 Å². The van der Waals surface area contributed by atoms with E-state index < -0.39 is 0 Å². The molecule has 0 fully saturated rings. The molecule has 36 heavy (non-hydrogen) atoms. The predicted molar refractivity (Wildman–Crippen MR) is 142 cm³/mol. The topological polar surface area (TPSA) is 92.3 Å². The highest BCUT2D eigenvalue weighted by atomic mass is 35.5. The van der Waals surface area contributed by atoms with Gasteiger partial charge in [0.25, 0.3) is 5.56 Å². The number of rotatable bonds is 7. The lowest BCUT2D eigenvalue weighted by atomic mass is 10.2. The standard InChI is InChI=1S/C25H21ClN4O4S2/c1-13-14(2)36-23-21(13)24(31)30(16-7-5-15(26)6-8-16)25(28-23)35-12-20-27-22(29-34-20)18-10-9-17(32-3)11-19(18)33-4/h5-11H,12H2,1-4H3. The van der Waals surface area contributed by atoms with Crippen LogP contribution in [-0.4, -0.2) is 33.9 Å². The van der Waals surface area contributed by atoms with Crippen molar-refractivity contribution in [2.24, 2.45) is 0 Å². The van der Waals surface area contributed by atoms with E-state index in [-0.39, 0.29) is 5.56 Å². The Labute approximate surface area is 219 Å². The van der Waals surface area contributed by atoms with Crippen molar-refractivity contribution in [2.45, 2.75) is 24.8 Å². The van der Waals surface area contributed by atoms with Crippen molar-refractivity contribution >= 4 is 44.9 Å². The first-order chi connectivity index (χ1) is 17.4. The molecule has 0 unspecified atom stereocenters. The molecule has 3 aromatic heterocycles. The molecule has 3 heterocycles. The average molecular weight is 541 g/mol. The number of fused-ring (bicyclic) bond motifs is 1. The number of thioether (sulfide) groups is 1. The van der Waals surface area contributed by atoms with Crippen molar-refractivity contribution in [3.63, 3.8) is 0 Å². The van der Waals surface area contributed by atoms with Crippen molar-refractivity contribution < 1.29 is 14.0 Å². The Morgan fingerprint density at radius 1 is 1.08 bits per heavy atom. The van der Waals surface area contributed by atoms with Crippen LogP contribution in [0.1, 0.15) is 16.3 Å². The van der Waals surface area contributed by atoms with Crippen LogP contribution in [0.5, 0.6) is 11.5 Å². The van der Waals surface area contributed by atoms with Gasteiger partial charge in [-0.25, -0.2) is 4.98 Å². The SMILES string of the molecule is COc1ccc(-c2noc(CSc3nc4sc(C)c(C)c4c(=O)n3-c3ccc(Cl)cc3)n2)c(OC)c1. The molecule has 11 heteroatoms. The van der Waals surface area contributed by atoms with Gasteiger partial charge in [-0.3, -0.25) is 9.36 Å². The molecule has 0 bridgehead atoms. The Balaban J connectivity index is 1.50. The smallest absolute Gasteiger partial charge is 0.267 e. The molecule has 0 saturated heterocycles. The van der Waals surface area contributed by atoms with E-state index in [1.54, 1.807) is 55.2 Å². The molecule has 0 aliphatic carbocycles. The van der Waals surface area contributed by atoms with Gasteiger partial charge < -0.3 is 14.0 Å². The zero-order valence-electron chi connectivity index (χ0n) is 19.9.